The minimum Gasteiger partial charge on any atom is -0.469 e. The summed E-state index contributed by atoms with van der Waals surface area (Å²) in [4.78, 5) is 11.2. The highest BCUT2D eigenvalue weighted by Crippen LogP contribution is 2.48. The van der Waals surface area contributed by atoms with Crippen molar-refractivity contribution >= 4 is 21.9 Å². The fourth-order valence-corrected chi connectivity index (χ4v) is 1.96. The van der Waals surface area contributed by atoms with Crippen LogP contribution in [0.1, 0.15) is 17.9 Å². The summed E-state index contributed by atoms with van der Waals surface area (Å²) in [6.45, 7) is 0. The van der Waals surface area contributed by atoms with Crippen molar-refractivity contribution in [2.24, 2.45) is 5.92 Å². The Morgan fingerprint density at radius 3 is 2.93 bits per heavy atom. The van der Waals surface area contributed by atoms with Gasteiger partial charge in [-0.05, 0) is 46.0 Å². The molecule has 2 atom stereocenters. The van der Waals surface area contributed by atoms with E-state index in [-0.39, 0.29) is 23.6 Å². The zero-order valence-corrected chi connectivity index (χ0v) is 9.75. The highest BCUT2D eigenvalue weighted by Gasteiger charge is 2.45. The molecule has 4 heteroatoms. The molecule has 2 rings (SSSR count). The third-order valence-electron chi connectivity index (χ3n) is 2.67. The van der Waals surface area contributed by atoms with E-state index in [1.807, 2.05) is 6.07 Å². The smallest absolute Gasteiger partial charge is 0.309 e. The van der Waals surface area contributed by atoms with Crippen molar-refractivity contribution in [1.29, 1.82) is 0 Å². The molecule has 1 aliphatic carbocycles. The van der Waals surface area contributed by atoms with E-state index >= 15 is 0 Å². The van der Waals surface area contributed by atoms with Crippen molar-refractivity contribution in [2.75, 3.05) is 7.11 Å². The van der Waals surface area contributed by atoms with Gasteiger partial charge in [-0.1, -0.05) is 6.07 Å². The van der Waals surface area contributed by atoms with Crippen LogP contribution >= 0.6 is 15.9 Å². The maximum atomic E-state index is 13.2. The number of carbonyl (C=O) groups excluding carboxylic acids is 1. The van der Waals surface area contributed by atoms with Gasteiger partial charge in [0.25, 0.3) is 0 Å². The van der Waals surface area contributed by atoms with Crippen LogP contribution < -0.4 is 0 Å². The predicted molar refractivity (Wildman–Crippen MR) is 57.0 cm³/mol. The Labute approximate surface area is 95.6 Å². The van der Waals surface area contributed by atoms with Gasteiger partial charge in [0.2, 0.25) is 0 Å². The Balaban J connectivity index is 2.13. The number of hydrogen-bond acceptors (Lipinski definition) is 2. The number of benzene rings is 1. The number of halogens is 2. The molecule has 0 saturated heterocycles. The monoisotopic (exact) mass is 272 g/mol. The molecule has 0 heterocycles. The minimum atomic E-state index is -0.289. The zero-order chi connectivity index (χ0) is 11.0. The molecular formula is C11H10BrFO2. The summed E-state index contributed by atoms with van der Waals surface area (Å²) in [5.74, 6) is -0.457. The van der Waals surface area contributed by atoms with Crippen LogP contribution in [0.3, 0.4) is 0 Å². The molecule has 1 fully saturated rings. The average molecular weight is 273 g/mol. The fourth-order valence-electron chi connectivity index (χ4n) is 1.72. The SMILES string of the molecule is COC(=O)C1CC1c1ccc(Br)c(F)c1. The summed E-state index contributed by atoms with van der Waals surface area (Å²) in [6.07, 6.45) is 0.758. The second kappa shape index (κ2) is 3.93. The third-order valence-corrected chi connectivity index (χ3v) is 3.31. The summed E-state index contributed by atoms with van der Waals surface area (Å²) in [7, 11) is 1.37. The van der Waals surface area contributed by atoms with Gasteiger partial charge in [-0.25, -0.2) is 4.39 Å². The van der Waals surface area contributed by atoms with Crippen molar-refractivity contribution in [3.8, 4) is 0 Å². The second-order valence-corrected chi connectivity index (χ2v) is 4.50. The van der Waals surface area contributed by atoms with Crippen molar-refractivity contribution in [3.05, 3.63) is 34.1 Å². The molecule has 2 unspecified atom stereocenters. The highest BCUT2D eigenvalue weighted by atomic mass is 79.9. The Hall–Kier alpha value is -0.900. The number of esters is 1. The van der Waals surface area contributed by atoms with E-state index in [4.69, 9.17) is 0 Å². The summed E-state index contributed by atoms with van der Waals surface area (Å²) >= 11 is 3.09. The van der Waals surface area contributed by atoms with E-state index in [0.29, 0.717) is 4.47 Å². The first-order chi connectivity index (χ1) is 7.13. The second-order valence-electron chi connectivity index (χ2n) is 3.65. The van der Waals surface area contributed by atoms with Crippen molar-refractivity contribution in [2.45, 2.75) is 12.3 Å². The third kappa shape index (κ3) is 2.04. The standard InChI is InChI=1S/C11H10BrFO2/c1-15-11(14)8-5-7(8)6-2-3-9(12)10(13)4-6/h2-4,7-8H,5H2,1H3. The molecule has 1 aliphatic rings. The molecule has 2 nitrogen and oxygen atoms in total. The molecule has 1 saturated carbocycles. The average Bonchev–Trinajstić information content (AvgIpc) is 3.01. The first-order valence-corrected chi connectivity index (χ1v) is 5.45. The van der Waals surface area contributed by atoms with Crippen LogP contribution in [0.15, 0.2) is 22.7 Å². The number of carbonyl (C=O) groups is 1. The molecule has 0 aromatic heterocycles. The molecule has 0 radical (unpaired) electrons. The molecule has 0 bridgehead atoms. The summed E-state index contributed by atoms with van der Waals surface area (Å²) in [5.41, 5.74) is 0.867. The van der Waals surface area contributed by atoms with Crippen LogP contribution in [0, 0.1) is 11.7 Å². The van der Waals surface area contributed by atoms with Crippen molar-refractivity contribution in [1.82, 2.24) is 0 Å². The van der Waals surface area contributed by atoms with Gasteiger partial charge in [-0.3, -0.25) is 4.79 Å². The Morgan fingerprint density at radius 2 is 2.33 bits per heavy atom. The lowest BCUT2D eigenvalue weighted by Gasteiger charge is -2.01. The lowest BCUT2D eigenvalue weighted by atomic mass is 10.1. The number of rotatable bonds is 2. The first-order valence-electron chi connectivity index (χ1n) is 4.66. The van der Waals surface area contributed by atoms with E-state index in [9.17, 15) is 9.18 Å². The van der Waals surface area contributed by atoms with Crippen LogP contribution in [0.2, 0.25) is 0 Å². The van der Waals surface area contributed by atoms with Gasteiger partial charge >= 0.3 is 5.97 Å². The normalized spacial score (nSPS) is 23.7. The van der Waals surface area contributed by atoms with Crippen LogP contribution in [0.25, 0.3) is 0 Å². The van der Waals surface area contributed by atoms with Crippen LogP contribution in [0.4, 0.5) is 4.39 Å². The molecular weight excluding hydrogens is 263 g/mol. The Bertz CT molecular complexity index is 406. The van der Waals surface area contributed by atoms with Gasteiger partial charge in [0.05, 0.1) is 17.5 Å². The number of hydrogen-bond donors (Lipinski definition) is 0. The topological polar surface area (TPSA) is 26.3 Å². The Kier molecular flexibility index (Phi) is 2.78. The lowest BCUT2D eigenvalue weighted by molar-refractivity contribution is -0.142. The molecule has 0 amide bonds. The number of methoxy groups -OCH3 is 1. The van der Waals surface area contributed by atoms with E-state index in [0.717, 1.165) is 12.0 Å². The molecule has 80 valence electrons. The van der Waals surface area contributed by atoms with E-state index in [2.05, 4.69) is 20.7 Å². The molecule has 1 aromatic carbocycles. The molecule has 0 spiro atoms. The van der Waals surface area contributed by atoms with Gasteiger partial charge in [0, 0.05) is 0 Å². The predicted octanol–water partition coefficient (Wildman–Crippen LogP) is 2.86. The van der Waals surface area contributed by atoms with E-state index < -0.39 is 0 Å². The summed E-state index contributed by atoms with van der Waals surface area (Å²) < 4.78 is 18.3. The van der Waals surface area contributed by atoms with Gasteiger partial charge in [-0.2, -0.15) is 0 Å². The largest absolute Gasteiger partial charge is 0.469 e. The highest BCUT2D eigenvalue weighted by molar-refractivity contribution is 9.10. The molecule has 15 heavy (non-hydrogen) atoms. The number of ether oxygens (including phenoxy) is 1. The van der Waals surface area contributed by atoms with Crippen LogP contribution in [-0.4, -0.2) is 13.1 Å². The summed E-state index contributed by atoms with van der Waals surface area (Å²) in [6, 6.07) is 4.97. The van der Waals surface area contributed by atoms with Crippen molar-refractivity contribution < 1.29 is 13.9 Å². The van der Waals surface area contributed by atoms with Gasteiger partial charge < -0.3 is 4.74 Å². The van der Waals surface area contributed by atoms with Crippen LogP contribution in [-0.2, 0) is 9.53 Å². The van der Waals surface area contributed by atoms with Gasteiger partial charge in [-0.15, -0.1) is 0 Å². The van der Waals surface area contributed by atoms with E-state index in [1.54, 1.807) is 6.07 Å². The maximum absolute atomic E-state index is 13.2. The fraction of sp³-hybridized carbons (Fsp3) is 0.364. The molecule has 0 N–H and O–H groups in total. The van der Waals surface area contributed by atoms with Crippen molar-refractivity contribution in [3.63, 3.8) is 0 Å². The van der Waals surface area contributed by atoms with Crippen LogP contribution in [0.5, 0.6) is 0 Å². The summed E-state index contributed by atoms with van der Waals surface area (Å²) in [5, 5.41) is 0. The lowest BCUT2D eigenvalue weighted by Crippen LogP contribution is -2.03. The quantitative estimate of drug-likeness (QED) is 0.774. The van der Waals surface area contributed by atoms with Gasteiger partial charge in [0.15, 0.2) is 0 Å². The minimum absolute atomic E-state index is 0.0874. The molecule has 1 aromatic rings. The van der Waals surface area contributed by atoms with Gasteiger partial charge in [0.1, 0.15) is 5.82 Å². The first kappa shape index (κ1) is 10.6. The van der Waals surface area contributed by atoms with E-state index in [1.165, 1.54) is 13.2 Å². The maximum Gasteiger partial charge on any atom is 0.309 e. The molecule has 0 aliphatic heterocycles. The zero-order valence-electron chi connectivity index (χ0n) is 8.17. The Morgan fingerprint density at radius 1 is 1.60 bits per heavy atom.